The third kappa shape index (κ3) is 1.40. The van der Waals surface area contributed by atoms with Gasteiger partial charge in [0.15, 0.2) is 0 Å². The van der Waals surface area contributed by atoms with Crippen molar-refractivity contribution in [2.45, 2.75) is 13.8 Å². The quantitative estimate of drug-likeness (QED) is 0.670. The number of fused-ring (bicyclic) bond motifs is 1. The van der Waals surface area contributed by atoms with Gasteiger partial charge in [0.25, 0.3) is 0 Å². The molecule has 0 spiro atoms. The molecule has 0 radical (unpaired) electrons. The first-order valence-corrected chi connectivity index (χ1v) is 5.05. The van der Waals surface area contributed by atoms with E-state index in [1.807, 2.05) is 43.7 Å². The first kappa shape index (κ1) is 10.4. The summed E-state index contributed by atoms with van der Waals surface area (Å²) in [5.41, 5.74) is 2.94. The lowest BCUT2D eigenvalue weighted by Gasteiger charge is -2.09. The van der Waals surface area contributed by atoms with Crippen LogP contribution in [0, 0.1) is 25.2 Å². The molecule has 1 aromatic heterocycles. The minimum atomic E-state index is -0.173. The first-order valence-electron chi connectivity index (χ1n) is 5.05. The van der Waals surface area contributed by atoms with Gasteiger partial charge in [0.1, 0.15) is 11.6 Å². The summed E-state index contributed by atoms with van der Waals surface area (Å²) in [6.07, 6.45) is 1.59. The van der Waals surface area contributed by atoms with Crippen molar-refractivity contribution in [3.8, 4) is 6.07 Å². The Balaban J connectivity index is 3.10. The SMILES string of the molecule is Cc1cc(C)c2c(=O)c(C#N)cn(C)c2c1. The van der Waals surface area contributed by atoms with Crippen molar-refractivity contribution >= 4 is 10.9 Å². The number of hydrogen-bond donors (Lipinski definition) is 0. The maximum Gasteiger partial charge on any atom is 0.207 e. The molecular formula is C13H12N2O. The van der Waals surface area contributed by atoms with E-state index < -0.39 is 0 Å². The Hall–Kier alpha value is -2.08. The Morgan fingerprint density at radius 1 is 1.31 bits per heavy atom. The van der Waals surface area contributed by atoms with Gasteiger partial charge in [0.05, 0.1) is 5.52 Å². The molecule has 1 aromatic carbocycles. The normalized spacial score (nSPS) is 10.4. The van der Waals surface area contributed by atoms with Crippen LogP contribution < -0.4 is 5.43 Å². The predicted octanol–water partition coefficient (Wildman–Crippen LogP) is 2.03. The lowest BCUT2D eigenvalue weighted by molar-refractivity contribution is 0.944. The average molecular weight is 212 g/mol. The number of hydrogen-bond acceptors (Lipinski definition) is 2. The number of benzene rings is 1. The van der Waals surface area contributed by atoms with Gasteiger partial charge in [0.2, 0.25) is 5.43 Å². The van der Waals surface area contributed by atoms with Gasteiger partial charge < -0.3 is 4.57 Å². The smallest absolute Gasteiger partial charge is 0.207 e. The molecule has 0 aliphatic carbocycles. The molecule has 0 saturated heterocycles. The molecule has 2 rings (SSSR count). The molecule has 16 heavy (non-hydrogen) atoms. The molecule has 80 valence electrons. The van der Waals surface area contributed by atoms with Gasteiger partial charge in [-0.15, -0.1) is 0 Å². The predicted molar refractivity (Wildman–Crippen MR) is 63.4 cm³/mol. The highest BCUT2D eigenvalue weighted by molar-refractivity contribution is 5.84. The second kappa shape index (κ2) is 3.49. The van der Waals surface area contributed by atoms with Crippen LogP contribution in [-0.4, -0.2) is 4.57 Å². The molecule has 0 saturated carbocycles. The van der Waals surface area contributed by atoms with Gasteiger partial charge in [-0.05, 0) is 31.0 Å². The van der Waals surface area contributed by atoms with Crippen molar-refractivity contribution in [3.05, 3.63) is 45.2 Å². The average Bonchev–Trinajstić information content (AvgIpc) is 2.22. The van der Waals surface area contributed by atoms with Gasteiger partial charge in [0, 0.05) is 18.6 Å². The van der Waals surface area contributed by atoms with E-state index in [9.17, 15) is 4.79 Å². The zero-order valence-corrected chi connectivity index (χ0v) is 9.53. The highest BCUT2D eigenvalue weighted by Crippen LogP contribution is 2.17. The number of aromatic nitrogens is 1. The van der Waals surface area contributed by atoms with E-state index in [1.165, 1.54) is 0 Å². The lowest BCUT2D eigenvalue weighted by Crippen LogP contribution is -2.12. The van der Waals surface area contributed by atoms with Crippen LogP contribution in [0.3, 0.4) is 0 Å². The van der Waals surface area contributed by atoms with Crippen LogP contribution >= 0.6 is 0 Å². The zero-order chi connectivity index (χ0) is 11.9. The van der Waals surface area contributed by atoms with Crippen LogP contribution in [0.5, 0.6) is 0 Å². The minimum absolute atomic E-state index is 0.173. The Kier molecular flexibility index (Phi) is 2.28. The largest absolute Gasteiger partial charge is 0.349 e. The molecule has 0 unspecified atom stereocenters. The Bertz CT molecular complexity index is 675. The van der Waals surface area contributed by atoms with Gasteiger partial charge in [-0.3, -0.25) is 4.79 Å². The number of aryl methyl sites for hydroxylation is 3. The van der Waals surface area contributed by atoms with Gasteiger partial charge in [-0.25, -0.2) is 0 Å². The molecule has 0 bridgehead atoms. The molecule has 0 N–H and O–H groups in total. The molecular weight excluding hydrogens is 200 g/mol. The second-order valence-corrected chi connectivity index (χ2v) is 4.07. The highest BCUT2D eigenvalue weighted by atomic mass is 16.1. The molecule has 2 aromatic rings. The summed E-state index contributed by atoms with van der Waals surface area (Å²) in [5.74, 6) is 0. The standard InChI is InChI=1S/C13H12N2O/c1-8-4-9(2)12-11(5-8)15(3)7-10(6-14)13(12)16/h4-5,7H,1-3H3. The van der Waals surface area contributed by atoms with E-state index in [0.717, 1.165) is 16.6 Å². The number of nitrogens with zero attached hydrogens (tertiary/aromatic N) is 2. The summed E-state index contributed by atoms with van der Waals surface area (Å²) >= 11 is 0. The summed E-state index contributed by atoms with van der Waals surface area (Å²) in [5, 5.41) is 9.53. The first-order chi connectivity index (χ1) is 7.54. The van der Waals surface area contributed by atoms with Crippen LogP contribution in [0.25, 0.3) is 10.9 Å². The monoisotopic (exact) mass is 212 g/mol. The highest BCUT2D eigenvalue weighted by Gasteiger charge is 2.09. The molecule has 3 nitrogen and oxygen atoms in total. The fourth-order valence-corrected chi connectivity index (χ4v) is 2.05. The van der Waals surface area contributed by atoms with Crippen LogP contribution in [0.2, 0.25) is 0 Å². The Labute approximate surface area is 93.6 Å². The third-order valence-electron chi connectivity index (χ3n) is 2.75. The van der Waals surface area contributed by atoms with Crippen LogP contribution in [0.4, 0.5) is 0 Å². The Morgan fingerprint density at radius 2 is 2.00 bits per heavy atom. The molecule has 0 aliphatic rings. The molecule has 0 amide bonds. The minimum Gasteiger partial charge on any atom is -0.349 e. The van der Waals surface area contributed by atoms with Gasteiger partial charge >= 0.3 is 0 Å². The summed E-state index contributed by atoms with van der Waals surface area (Å²) < 4.78 is 1.83. The van der Waals surface area contributed by atoms with Gasteiger partial charge in [-0.1, -0.05) is 6.07 Å². The van der Waals surface area contributed by atoms with Crippen molar-refractivity contribution in [2.75, 3.05) is 0 Å². The summed E-state index contributed by atoms with van der Waals surface area (Å²) in [7, 11) is 1.85. The lowest BCUT2D eigenvalue weighted by atomic mass is 10.0. The third-order valence-corrected chi connectivity index (χ3v) is 2.75. The van der Waals surface area contributed by atoms with Crippen LogP contribution in [-0.2, 0) is 7.05 Å². The van der Waals surface area contributed by atoms with E-state index in [1.54, 1.807) is 6.20 Å². The van der Waals surface area contributed by atoms with Crippen LogP contribution in [0.1, 0.15) is 16.7 Å². The van der Waals surface area contributed by atoms with Crippen molar-refractivity contribution in [3.63, 3.8) is 0 Å². The maximum absolute atomic E-state index is 12.0. The van der Waals surface area contributed by atoms with Crippen molar-refractivity contribution < 1.29 is 0 Å². The van der Waals surface area contributed by atoms with E-state index in [0.29, 0.717) is 5.39 Å². The molecule has 0 atom stereocenters. The second-order valence-electron chi connectivity index (χ2n) is 4.07. The van der Waals surface area contributed by atoms with Crippen LogP contribution in [0.15, 0.2) is 23.1 Å². The maximum atomic E-state index is 12.0. The fourth-order valence-electron chi connectivity index (χ4n) is 2.05. The van der Waals surface area contributed by atoms with Crippen molar-refractivity contribution in [1.82, 2.24) is 4.57 Å². The number of pyridine rings is 1. The number of nitriles is 1. The summed E-state index contributed by atoms with van der Waals surface area (Å²) in [6, 6.07) is 5.86. The van der Waals surface area contributed by atoms with Crippen molar-refractivity contribution in [2.24, 2.45) is 7.05 Å². The van der Waals surface area contributed by atoms with E-state index in [-0.39, 0.29) is 11.0 Å². The van der Waals surface area contributed by atoms with E-state index in [4.69, 9.17) is 5.26 Å². The fraction of sp³-hybridized carbons (Fsp3) is 0.231. The number of rotatable bonds is 0. The Morgan fingerprint density at radius 3 is 2.62 bits per heavy atom. The molecule has 0 aliphatic heterocycles. The summed E-state index contributed by atoms with van der Waals surface area (Å²) in [4.78, 5) is 12.0. The van der Waals surface area contributed by atoms with E-state index in [2.05, 4.69) is 0 Å². The molecule has 3 heteroatoms. The topological polar surface area (TPSA) is 45.8 Å². The van der Waals surface area contributed by atoms with E-state index >= 15 is 0 Å². The van der Waals surface area contributed by atoms with Crippen molar-refractivity contribution in [1.29, 1.82) is 5.26 Å². The molecule has 1 heterocycles. The molecule has 0 fully saturated rings. The van der Waals surface area contributed by atoms with Gasteiger partial charge in [-0.2, -0.15) is 5.26 Å². The summed E-state index contributed by atoms with van der Waals surface area (Å²) in [6.45, 7) is 3.90. The zero-order valence-electron chi connectivity index (χ0n) is 9.53.